The summed E-state index contributed by atoms with van der Waals surface area (Å²) in [6.07, 6.45) is 15.9. The lowest BCUT2D eigenvalue weighted by molar-refractivity contribution is -0.160. The Kier molecular flexibility index (Phi) is 5.97. The fourth-order valence-electron chi connectivity index (χ4n) is 7.62. The van der Waals surface area contributed by atoms with Crippen molar-refractivity contribution in [2.45, 2.75) is 110 Å². The molecule has 0 aromatic carbocycles. The van der Waals surface area contributed by atoms with Crippen molar-refractivity contribution in [2.75, 3.05) is 0 Å². The van der Waals surface area contributed by atoms with Gasteiger partial charge in [-0.15, -0.1) is 0 Å². The number of allylic oxidation sites excluding steroid dienone is 1. The number of ether oxygens (including phenoxy) is 1. The second-order valence-corrected chi connectivity index (χ2v) is 10.9. The molecule has 0 aromatic rings. The molecule has 0 aromatic heterocycles. The van der Waals surface area contributed by atoms with Crippen LogP contribution in [0.4, 0.5) is 0 Å². The van der Waals surface area contributed by atoms with Crippen molar-refractivity contribution in [3.63, 3.8) is 0 Å². The minimum absolute atomic E-state index is 0.0294. The first-order valence-electron chi connectivity index (χ1n) is 12.3. The molecule has 0 aliphatic heterocycles. The van der Waals surface area contributed by atoms with Gasteiger partial charge in [-0.3, -0.25) is 9.59 Å². The number of hydrogen-bond donors (Lipinski definition) is 0. The summed E-state index contributed by atoms with van der Waals surface area (Å²) in [6, 6.07) is 0. The molecule has 29 heavy (non-hydrogen) atoms. The molecule has 6 atom stereocenters. The maximum atomic E-state index is 12.5. The lowest BCUT2D eigenvalue weighted by Crippen LogP contribution is -2.51. The van der Waals surface area contributed by atoms with Gasteiger partial charge in [0.05, 0.1) is 0 Å². The first kappa shape index (κ1) is 21.1. The van der Waals surface area contributed by atoms with Crippen LogP contribution < -0.4 is 0 Å². The van der Waals surface area contributed by atoms with E-state index in [1.54, 1.807) is 0 Å². The van der Waals surface area contributed by atoms with E-state index in [1.165, 1.54) is 44.1 Å². The minimum Gasteiger partial charge on any atom is -0.462 e. The molecule has 3 saturated carbocycles. The highest BCUT2D eigenvalue weighted by atomic mass is 16.5. The molecule has 4 rings (SSSR count). The Morgan fingerprint density at radius 1 is 1.03 bits per heavy atom. The largest absolute Gasteiger partial charge is 0.462 e. The summed E-state index contributed by atoms with van der Waals surface area (Å²) in [7, 11) is 0. The average molecular weight is 401 g/mol. The first-order valence-corrected chi connectivity index (χ1v) is 12.3. The van der Waals surface area contributed by atoms with Gasteiger partial charge < -0.3 is 4.74 Å². The van der Waals surface area contributed by atoms with E-state index in [0.29, 0.717) is 24.0 Å². The van der Waals surface area contributed by atoms with Crippen LogP contribution in [0, 0.1) is 28.6 Å². The van der Waals surface area contributed by atoms with E-state index in [0.717, 1.165) is 44.4 Å². The quantitative estimate of drug-likeness (QED) is 0.383. The lowest BCUT2D eigenvalue weighted by Gasteiger charge is -2.57. The molecule has 3 nitrogen and oxygen atoms in total. The van der Waals surface area contributed by atoms with Gasteiger partial charge in [0.25, 0.3) is 0 Å². The van der Waals surface area contributed by atoms with Gasteiger partial charge in [-0.1, -0.05) is 45.6 Å². The van der Waals surface area contributed by atoms with Crippen LogP contribution in [0.3, 0.4) is 0 Å². The van der Waals surface area contributed by atoms with Crippen molar-refractivity contribution < 1.29 is 14.3 Å². The zero-order valence-electron chi connectivity index (χ0n) is 18.8. The number of carbonyl (C=O) groups is 2. The van der Waals surface area contributed by atoms with Crippen LogP contribution in [0.15, 0.2) is 11.6 Å². The second-order valence-electron chi connectivity index (χ2n) is 10.9. The highest BCUT2D eigenvalue weighted by Crippen LogP contribution is 2.65. The van der Waals surface area contributed by atoms with Gasteiger partial charge in [0.15, 0.2) is 5.78 Å². The third-order valence-corrected chi connectivity index (χ3v) is 9.38. The van der Waals surface area contributed by atoms with Crippen LogP contribution >= 0.6 is 0 Å². The first-order chi connectivity index (χ1) is 13.9. The van der Waals surface area contributed by atoms with Gasteiger partial charge in [-0.05, 0) is 80.6 Å². The topological polar surface area (TPSA) is 43.4 Å². The van der Waals surface area contributed by atoms with E-state index in [9.17, 15) is 9.59 Å². The van der Waals surface area contributed by atoms with E-state index in [1.807, 2.05) is 6.08 Å². The summed E-state index contributed by atoms with van der Waals surface area (Å²) in [5, 5.41) is 0. The molecule has 5 unspecified atom stereocenters. The van der Waals surface area contributed by atoms with E-state index in [2.05, 4.69) is 20.8 Å². The predicted molar refractivity (Wildman–Crippen MR) is 115 cm³/mol. The standard InChI is InChI=1S/C26H40O3/c1-4-5-6-7-8-24(28)29-23-12-11-21-20-10-9-18-17-19(27)13-15-25(18,2)22(20)14-16-26(21,23)3/h17,20-23H,4-16H2,1-3H3/t20?,21?,22?,23-,25?,26?/m0/s1. The summed E-state index contributed by atoms with van der Waals surface area (Å²) in [5.74, 6) is 2.48. The number of esters is 1. The van der Waals surface area contributed by atoms with Gasteiger partial charge in [-0.2, -0.15) is 0 Å². The number of hydrogen-bond acceptors (Lipinski definition) is 3. The van der Waals surface area contributed by atoms with E-state index >= 15 is 0 Å². The van der Waals surface area contributed by atoms with E-state index in [-0.39, 0.29) is 22.9 Å². The molecule has 3 heteroatoms. The molecule has 0 spiro atoms. The molecule has 3 fully saturated rings. The molecule has 0 saturated heterocycles. The van der Waals surface area contributed by atoms with Crippen molar-refractivity contribution >= 4 is 11.8 Å². The smallest absolute Gasteiger partial charge is 0.306 e. The van der Waals surface area contributed by atoms with Crippen LogP contribution in [0.2, 0.25) is 0 Å². The SMILES string of the molecule is CCCCCCC(=O)O[C@H]1CCC2C3CCC4=CC(=O)CCC4(C)C3CCC21C. The summed E-state index contributed by atoms with van der Waals surface area (Å²) in [4.78, 5) is 24.5. The maximum Gasteiger partial charge on any atom is 0.306 e. The monoisotopic (exact) mass is 400 g/mol. The Hall–Kier alpha value is -1.12. The summed E-state index contributed by atoms with van der Waals surface area (Å²) in [5.41, 5.74) is 1.82. The molecule has 0 amide bonds. The summed E-state index contributed by atoms with van der Waals surface area (Å²) in [6.45, 7) is 7.05. The highest BCUT2D eigenvalue weighted by Gasteiger charge is 2.59. The van der Waals surface area contributed by atoms with E-state index in [4.69, 9.17) is 4.74 Å². The fourth-order valence-corrected chi connectivity index (χ4v) is 7.62. The Labute approximate surface area is 177 Å². The van der Waals surface area contributed by atoms with Crippen molar-refractivity contribution in [1.29, 1.82) is 0 Å². The molecule has 0 heterocycles. The summed E-state index contributed by atoms with van der Waals surface area (Å²) >= 11 is 0. The average Bonchev–Trinajstić information content (AvgIpc) is 3.02. The molecule has 0 bridgehead atoms. The number of unbranched alkanes of at least 4 members (excludes halogenated alkanes) is 3. The Morgan fingerprint density at radius 3 is 2.66 bits per heavy atom. The van der Waals surface area contributed by atoms with E-state index < -0.39 is 0 Å². The van der Waals surface area contributed by atoms with Gasteiger partial charge in [0.1, 0.15) is 6.10 Å². The number of ketones is 1. The number of fused-ring (bicyclic) bond motifs is 5. The Bertz CT molecular complexity index is 679. The zero-order valence-corrected chi connectivity index (χ0v) is 18.8. The zero-order chi connectivity index (χ0) is 20.6. The number of rotatable bonds is 6. The lowest BCUT2D eigenvalue weighted by atomic mass is 9.47. The number of carbonyl (C=O) groups excluding carboxylic acids is 2. The van der Waals surface area contributed by atoms with Crippen LogP contribution in [-0.2, 0) is 14.3 Å². The molecular weight excluding hydrogens is 360 g/mol. The molecule has 162 valence electrons. The Balaban J connectivity index is 1.43. The normalized spacial score (nSPS) is 41.2. The molecule has 0 N–H and O–H groups in total. The van der Waals surface area contributed by atoms with Gasteiger partial charge >= 0.3 is 5.97 Å². The predicted octanol–water partition coefficient (Wildman–Crippen LogP) is 6.40. The maximum absolute atomic E-state index is 12.5. The third kappa shape index (κ3) is 3.72. The highest BCUT2D eigenvalue weighted by molar-refractivity contribution is 5.91. The second kappa shape index (κ2) is 8.19. The van der Waals surface area contributed by atoms with Crippen molar-refractivity contribution in [2.24, 2.45) is 28.6 Å². The van der Waals surface area contributed by atoms with Gasteiger partial charge in [0, 0.05) is 18.3 Å². The minimum atomic E-state index is 0.0294. The van der Waals surface area contributed by atoms with Crippen LogP contribution in [-0.4, -0.2) is 17.9 Å². The van der Waals surface area contributed by atoms with Gasteiger partial charge in [0.2, 0.25) is 0 Å². The van der Waals surface area contributed by atoms with Crippen LogP contribution in [0.25, 0.3) is 0 Å². The Morgan fingerprint density at radius 2 is 1.86 bits per heavy atom. The van der Waals surface area contributed by atoms with Gasteiger partial charge in [-0.25, -0.2) is 0 Å². The molecule has 4 aliphatic carbocycles. The molecule has 4 aliphatic rings. The summed E-state index contributed by atoms with van der Waals surface area (Å²) < 4.78 is 6.09. The van der Waals surface area contributed by atoms with Crippen molar-refractivity contribution in [1.82, 2.24) is 0 Å². The fraction of sp³-hybridized carbons (Fsp3) is 0.846. The molecular formula is C26H40O3. The van der Waals surface area contributed by atoms with Crippen LogP contribution in [0.5, 0.6) is 0 Å². The molecule has 0 radical (unpaired) electrons. The van der Waals surface area contributed by atoms with Crippen LogP contribution in [0.1, 0.15) is 104 Å². The van der Waals surface area contributed by atoms with Crippen molar-refractivity contribution in [3.05, 3.63) is 11.6 Å². The van der Waals surface area contributed by atoms with Crippen molar-refractivity contribution in [3.8, 4) is 0 Å². The third-order valence-electron chi connectivity index (χ3n) is 9.38.